The fourth-order valence-corrected chi connectivity index (χ4v) is 4.24. The first-order chi connectivity index (χ1) is 14.3. The molecule has 2 aliphatic rings. The van der Waals surface area contributed by atoms with Crippen molar-refractivity contribution >= 4 is 28.6 Å². The Bertz CT molecular complexity index is 926. The van der Waals surface area contributed by atoms with Crippen LogP contribution in [-0.4, -0.2) is 71.7 Å². The highest BCUT2D eigenvalue weighted by Crippen LogP contribution is 2.27. The van der Waals surface area contributed by atoms with E-state index in [0.717, 1.165) is 24.0 Å². The molecule has 2 aliphatic heterocycles. The van der Waals surface area contributed by atoms with Crippen LogP contribution in [-0.2, 0) is 9.53 Å². The molecule has 7 nitrogen and oxygen atoms in total. The van der Waals surface area contributed by atoms with Gasteiger partial charge >= 0.3 is 6.09 Å². The number of carbonyl (C=O) groups is 2. The van der Waals surface area contributed by atoms with Crippen molar-refractivity contribution in [1.82, 2.24) is 14.8 Å². The summed E-state index contributed by atoms with van der Waals surface area (Å²) >= 11 is 0. The SMILES string of the molecule is CC(C)(C)OC(=O)N1CCC(C(=O)N2CCN(c3ccnc4ccccc34)CC2)C1. The molecule has 0 bridgehead atoms. The fraction of sp³-hybridized carbons (Fsp3) is 0.522. The van der Waals surface area contributed by atoms with Crippen LogP contribution in [0.25, 0.3) is 10.9 Å². The molecule has 0 aliphatic carbocycles. The summed E-state index contributed by atoms with van der Waals surface area (Å²) in [6.07, 6.45) is 2.22. The maximum Gasteiger partial charge on any atom is 0.410 e. The third-order valence-corrected chi connectivity index (χ3v) is 5.75. The van der Waals surface area contributed by atoms with Crippen LogP contribution in [0, 0.1) is 5.92 Å². The normalized spacial score (nSPS) is 20.0. The van der Waals surface area contributed by atoms with Gasteiger partial charge < -0.3 is 19.4 Å². The quantitative estimate of drug-likeness (QED) is 0.761. The van der Waals surface area contributed by atoms with Gasteiger partial charge in [-0.05, 0) is 39.3 Å². The summed E-state index contributed by atoms with van der Waals surface area (Å²) in [7, 11) is 0. The Balaban J connectivity index is 1.34. The Morgan fingerprint density at radius 2 is 1.73 bits per heavy atom. The number of hydrogen-bond donors (Lipinski definition) is 0. The van der Waals surface area contributed by atoms with E-state index in [1.54, 1.807) is 4.90 Å². The molecule has 2 fully saturated rings. The Morgan fingerprint density at radius 3 is 2.47 bits per heavy atom. The highest BCUT2D eigenvalue weighted by atomic mass is 16.6. The summed E-state index contributed by atoms with van der Waals surface area (Å²) in [5, 5.41) is 1.14. The number of anilines is 1. The molecule has 0 N–H and O–H groups in total. The molecule has 2 saturated heterocycles. The number of para-hydroxylation sites is 1. The number of benzene rings is 1. The van der Waals surface area contributed by atoms with E-state index in [-0.39, 0.29) is 17.9 Å². The van der Waals surface area contributed by atoms with Crippen molar-refractivity contribution in [2.45, 2.75) is 32.8 Å². The van der Waals surface area contributed by atoms with Crippen molar-refractivity contribution in [1.29, 1.82) is 0 Å². The number of aromatic nitrogens is 1. The number of carbonyl (C=O) groups excluding carboxylic acids is 2. The molecule has 1 aromatic carbocycles. The minimum Gasteiger partial charge on any atom is -0.444 e. The van der Waals surface area contributed by atoms with Gasteiger partial charge in [0.1, 0.15) is 5.60 Å². The summed E-state index contributed by atoms with van der Waals surface area (Å²) in [4.78, 5) is 35.7. The molecule has 1 atom stereocenters. The molecule has 30 heavy (non-hydrogen) atoms. The summed E-state index contributed by atoms with van der Waals surface area (Å²) in [6, 6.07) is 10.2. The van der Waals surface area contributed by atoms with E-state index in [9.17, 15) is 9.59 Å². The van der Waals surface area contributed by atoms with E-state index >= 15 is 0 Å². The molecule has 2 amide bonds. The topological polar surface area (TPSA) is 66.0 Å². The van der Waals surface area contributed by atoms with Crippen molar-refractivity contribution in [3.8, 4) is 0 Å². The molecule has 1 unspecified atom stereocenters. The lowest BCUT2D eigenvalue weighted by Crippen LogP contribution is -2.51. The number of hydrogen-bond acceptors (Lipinski definition) is 5. The molecule has 2 aromatic rings. The molecule has 160 valence electrons. The van der Waals surface area contributed by atoms with E-state index in [4.69, 9.17) is 4.74 Å². The van der Waals surface area contributed by atoms with Gasteiger partial charge in [-0.25, -0.2) is 4.79 Å². The zero-order valence-electron chi connectivity index (χ0n) is 18.0. The predicted octanol–water partition coefficient (Wildman–Crippen LogP) is 3.14. The van der Waals surface area contributed by atoms with Crippen LogP contribution in [0.4, 0.5) is 10.5 Å². The number of likely N-dealkylation sites (tertiary alicyclic amines) is 1. The summed E-state index contributed by atoms with van der Waals surface area (Å²) < 4.78 is 5.44. The van der Waals surface area contributed by atoms with Gasteiger partial charge in [0.2, 0.25) is 5.91 Å². The van der Waals surface area contributed by atoms with Gasteiger partial charge in [-0.3, -0.25) is 9.78 Å². The average molecular weight is 411 g/mol. The molecular weight excluding hydrogens is 380 g/mol. The Hall–Kier alpha value is -2.83. The number of ether oxygens (including phenoxy) is 1. The van der Waals surface area contributed by atoms with Crippen LogP contribution in [0.1, 0.15) is 27.2 Å². The molecular formula is C23H30N4O3. The van der Waals surface area contributed by atoms with Crippen molar-refractivity contribution in [3.05, 3.63) is 36.5 Å². The fourth-order valence-electron chi connectivity index (χ4n) is 4.24. The molecule has 7 heteroatoms. The Morgan fingerprint density at radius 1 is 1.00 bits per heavy atom. The van der Waals surface area contributed by atoms with Crippen LogP contribution in [0.3, 0.4) is 0 Å². The van der Waals surface area contributed by atoms with Crippen LogP contribution >= 0.6 is 0 Å². The second-order valence-corrected chi connectivity index (χ2v) is 9.07. The Labute approximate surface area is 177 Å². The first-order valence-corrected chi connectivity index (χ1v) is 10.7. The van der Waals surface area contributed by atoms with E-state index in [1.165, 1.54) is 5.69 Å². The lowest BCUT2D eigenvalue weighted by atomic mass is 10.1. The van der Waals surface area contributed by atoms with Crippen molar-refractivity contribution in [2.24, 2.45) is 5.92 Å². The van der Waals surface area contributed by atoms with E-state index in [2.05, 4.69) is 22.0 Å². The minimum atomic E-state index is -0.521. The average Bonchev–Trinajstić information content (AvgIpc) is 3.22. The maximum atomic E-state index is 13.0. The van der Waals surface area contributed by atoms with Crippen LogP contribution < -0.4 is 4.90 Å². The zero-order valence-corrected chi connectivity index (χ0v) is 18.0. The standard InChI is InChI=1S/C23H30N4O3/c1-23(2,3)30-22(29)27-11-9-17(16-27)21(28)26-14-12-25(13-15-26)20-8-10-24-19-7-5-4-6-18(19)20/h4-8,10,17H,9,11-16H2,1-3H3. The van der Waals surface area contributed by atoms with Crippen LogP contribution in [0.2, 0.25) is 0 Å². The zero-order chi connectivity index (χ0) is 21.3. The predicted molar refractivity (Wildman–Crippen MR) is 116 cm³/mol. The molecule has 0 spiro atoms. The molecule has 3 heterocycles. The van der Waals surface area contributed by atoms with Gasteiger partial charge in [0.25, 0.3) is 0 Å². The van der Waals surface area contributed by atoms with Gasteiger partial charge in [-0.15, -0.1) is 0 Å². The van der Waals surface area contributed by atoms with Gasteiger partial charge in [0, 0.05) is 56.5 Å². The summed E-state index contributed by atoms with van der Waals surface area (Å²) in [5.41, 5.74) is 1.64. The van der Waals surface area contributed by atoms with Crippen molar-refractivity contribution < 1.29 is 14.3 Å². The van der Waals surface area contributed by atoms with Crippen LogP contribution in [0.15, 0.2) is 36.5 Å². The largest absolute Gasteiger partial charge is 0.444 e. The number of rotatable bonds is 2. The summed E-state index contributed by atoms with van der Waals surface area (Å²) in [6.45, 7) is 9.57. The molecule has 0 saturated carbocycles. The van der Waals surface area contributed by atoms with Gasteiger partial charge in [-0.1, -0.05) is 18.2 Å². The number of nitrogens with zero attached hydrogens (tertiary/aromatic N) is 4. The Kier molecular flexibility index (Phi) is 5.54. The van der Waals surface area contributed by atoms with Gasteiger partial charge in [0.05, 0.1) is 11.4 Å². The van der Waals surface area contributed by atoms with E-state index in [0.29, 0.717) is 32.6 Å². The van der Waals surface area contributed by atoms with Crippen LogP contribution in [0.5, 0.6) is 0 Å². The number of fused-ring (bicyclic) bond motifs is 1. The second-order valence-electron chi connectivity index (χ2n) is 9.07. The highest BCUT2D eigenvalue weighted by Gasteiger charge is 2.36. The lowest BCUT2D eigenvalue weighted by Gasteiger charge is -2.37. The maximum absolute atomic E-state index is 13.0. The van der Waals surface area contributed by atoms with Gasteiger partial charge in [-0.2, -0.15) is 0 Å². The van der Waals surface area contributed by atoms with Crippen molar-refractivity contribution in [3.63, 3.8) is 0 Å². The second kappa shape index (κ2) is 8.13. The lowest BCUT2D eigenvalue weighted by molar-refractivity contribution is -0.135. The first-order valence-electron chi connectivity index (χ1n) is 10.7. The number of pyridine rings is 1. The minimum absolute atomic E-state index is 0.133. The molecule has 1 aromatic heterocycles. The molecule has 0 radical (unpaired) electrons. The summed E-state index contributed by atoms with van der Waals surface area (Å²) in [5.74, 6) is 0.0196. The molecule has 4 rings (SSSR count). The van der Waals surface area contributed by atoms with Gasteiger partial charge in [0.15, 0.2) is 0 Å². The van der Waals surface area contributed by atoms with E-state index in [1.807, 2.05) is 50.1 Å². The number of amides is 2. The monoisotopic (exact) mass is 410 g/mol. The number of piperazine rings is 1. The third-order valence-electron chi connectivity index (χ3n) is 5.75. The van der Waals surface area contributed by atoms with Crippen molar-refractivity contribution in [2.75, 3.05) is 44.2 Å². The smallest absolute Gasteiger partial charge is 0.410 e. The highest BCUT2D eigenvalue weighted by molar-refractivity contribution is 5.91. The van der Waals surface area contributed by atoms with E-state index < -0.39 is 5.60 Å². The first kappa shape index (κ1) is 20.4. The third kappa shape index (κ3) is 4.35.